The summed E-state index contributed by atoms with van der Waals surface area (Å²) >= 11 is 1.62. The molecular formula is C21H28N2O3S2. The second kappa shape index (κ2) is 8.76. The maximum Gasteiger partial charge on any atom is 0.254 e. The van der Waals surface area contributed by atoms with E-state index in [-0.39, 0.29) is 10.8 Å². The zero-order valence-corrected chi connectivity index (χ0v) is 18.3. The Kier molecular flexibility index (Phi) is 6.58. The Morgan fingerprint density at radius 1 is 1.14 bits per heavy atom. The number of hydrogen-bond acceptors (Lipinski definition) is 4. The predicted octanol–water partition coefficient (Wildman–Crippen LogP) is 4.08. The molecule has 2 atom stereocenters. The Balaban J connectivity index is 1.75. The molecule has 0 spiro atoms. The zero-order valence-electron chi connectivity index (χ0n) is 16.7. The zero-order chi connectivity index (χ0) is 20.3. The number of nitrogens with zero attached hydrogens (tertiary/aromatic N) is 2. The van der Waals surface area contributed by atoms with Gasteiger partial charge in [-0.15, -0.1) is 11.3 Å². The molecule has 1 aliphatic heterocycles. The summed E-state index contributed by atoms with van der Waals surface area (Å²) in [6.07, 6.45) is 1.05. The van der Waals surface area contributed by atoms with Crippen molar-refractivity contribution in [1.82, 2.24) is 9.21 Å². The van der Waals surface area contributed by atoms with E-state index in [1.54, 1.807) is 44.8 Å². The molecule has 1 aliphatic rings. The normalized spacial score (nSPS) is 20.8. The van der Waals surface area contributed by atoms with Gasteiger partial charge in [-0.2, -0.15) is 4.31 Å². The van der Waals surface area contributed by atoms with E-state index in [1.807, 2.05) is 24.4 Å². The smallest absolute Gasteiger partial charge is 0.254 e. The lowest BCUT2D eigenvalue weighted by atomic mass is 9.94. The van der Waals surface area contributed by atoms with Crippen molar-refractivity contribution in [2.75, 3.05) is 19.6 Å². The molecule has 2 aromatic rings. The van der Waals surface area contributed by atoms with Crippen LogP contribution in [0.5, 0.6) is 0 Å². The maximum atomic E-state index is 13.0. The Labute approximate surface area is 172 Å². The molecule has 1 fully saturated rings. The Morgan fingerprint density at radius 3 is 2.32 bits per heavy atom. The highest BCUT2D eigenvalue weighted by Gasteiger charge is 2.31. The van der Waals surface area contributed by atoms with E-state index < -0.39 is 10.0 Å². The fourth-order valence-corrected chi connectivity index (χ4v) is 6.22. The lowest BCUT2D eigenvalue weighted by molar-refractivity contribution is 0.0754. The molecular weight excluding hydrogens is 392 g/mol. The van der Waals surface area contributed by atoms with Gasteiger partial charge in [0.2, 0.25) is 10.0 Å². The Morgan fingerprint density at radius 2 is 1.79 bits per heavy atom. The van der Waals surface area contributed by atoms with Crippen LogP contribution in [0.3, 0.4) is 0 Å². The molecule has 0 saturated carbocycles. The van der Waals surface area contributed by atoms with Crippen LogP contribution in [0.2, 0.25) is 0 Å². The average Bonchev–Trinajstić information content (AvgIpc) is 3.18. The molecule has 1 aromatic carbocycles. The van der Waals surface area contributed by atoms with Crippen molar-refractivity contribution >= 4 is 27.3 Å². The van der Waals surface area contributed by atoms with Crippen LogP contribution in [0.1, 0.15) is 42.4 Å². The maximum absolute atomic E-state index is 13.0. The van der Waals surface area contributed by atoms with Crippen molar-refractivity contribution in [3.63, 3.8) is 0 Å². The molecule has 2 unspecified atom stereocenters. The molecule has 1 saturated heterocycles. The van der Waals surface area contributed by atoms with Crippen molar-refractivity contribution in [3.8, 4) is 0 Å². The number of amides is 1. The lowest BCUT2D eigenvalue weighted by Crippen LogP contribution is -2.42. The molecule has 28 heavy (non-hydrogen) atoms. The third kappa shape index (κ3) is 4.64. The van der Waals surface area contributed by atoms with Crippen LogP contribution in [0.4, 0.5) is 0 Å². The number of benzene rings is 1. The first-order valence-corrected chi connectivity index (χ1v) is 12.0. The minimum atomic E-state index is -3.53. The highest BCUT2D eigenvalue weighted by molar-refractivity contribution is 7.89. The molecule has 1 aromatic heterocycles. The van der Waals surface area contributed by atoms with Gasteiger partial charge in [0.15, 0.2) is 0 Å². The summed E-state index contributed by atoms with van der Waals surface area (Å²) in [5.74, 6) is 0.629. The molecule has 0 radical (unpaired) electrons. The molecule has 1 amide bonds. The number of piperidine rings is 1. The highest BCUT2D eigenvalue weighted by atomic mass is 32.2. The summed E-state index contributed by atoms with van der Waals surface area (Å²) in [7, 11) is -3.53. The lowest BCUT2D eigenvalue weighted by Gasteiger charge is -2.34. The standard InChI is InChI=1S/C21H28N2O3S2/c1-4-22(15-19-6-5-11-27-19)21(24)18-7-9-20(10-8-18)28(25,26)23-13-16(2)12-17(3)14-23/h5-11,16-17H,4,12-15H2,1-3H3. The largest absolute Gasteiger partial charge is 0.334 e. The second-order valence-corrected chi connectivity index (χ2v) is 10.7. The fraction of sp³-hybridized carbons (Fsp3) is 0.476. The van der Waals surface area contributed by atoms with Crippen LogP contribution in [0, 0.1) is 11.8 Å². The van der Waals surface area contributed by atoms with Crippen LogP contribution >= 0.6 is 11.3 Å². The first-order chi connectivity index (χ1) is 13.3. The number of carbonyl (C=O) groups is 1. The summed E-state index contributed by atoms with van der Waals surface area (Å²) in [6.45, 7) is 8.40. The van der Waals surface area contributed by atoms with Gasteiger partial charge >= 0.3 is 0 Å². The van der Waals surface area contributed by atoms with E-state index in [9.17, 15) is 13.2 Å². The van der Waals surface area contributed by atoms with Gasteiger partial charge < -0.3 is 4.90 Å². The predicted molar refractivity (Wildman–Crippen MR) is 113 cm³/mol. The van der Waals surface area contributed by atoms with E-state index >= 15 is 0 Å². The molecule has 152 valence electrons. The summed E-state index contributed by atoms with van der Waals surface area (Å²) in [6, 6.07) is 10.4. The fourth-order valence-electron chi connectivity index (χ4n) is 3.82. The van der Waals surface area contributed by atoms with Crippen molar-refractivity contribution in [1.29, 1.82) is 0 Å². The van der Waals surface area contributed by atoms with Gasteiger partial charge in [-0.05, 0) is 60.9 Å². The van der Waals surface area contributed by atoms with Gasteiger partial charge in [0.1, 0.15) is 0 Å². The van der Waals surface area contributed by atoms with Crippen LogP contribution in [0.25, 0.3) is 0 Å². The molecule has 0 N–H and O–H groups in total. The van der Waals surface area contributed by atoms with Gasteiger partial charge in [0.05, 0.1) is 11.4 Å². The quantitative estimate of drug-likeness (QED) is 0.708. The van der Waals surface area contributed by atoms with E-state index in [4.69, 9.17) is 0 Å². The van der Waals surface area contributed by atoms with Crippen LogP contribution < -0.4 is 0 Å². The third-order valence-corrected chi connectivity index (χ3v) is 7.88. The molecule has 0 aliphatic carbocycles. The second-order valence-electron chi connectivity index (χ2n) is 7.69. The van der Waals surface area contributed by atoms with E-state index in [0.717, 1.165) is 11.3 Å². The van der Waals surface area contributed by atoms with E-state index in [1.165, 1.54) is 0 Å². The molecule has 3 rings (SSSR count). The van der Waals surface area contributed by atoms with Crippen molar-refractivity contribution in [2.24, 2.45) is 11.8 Å². The summed E-state index contributed by atoms with van der Waals surface area (Å²) in [5.41, 5.74) is 0.512. The van der Waals surface area contributed by atoms with Crippen molar-refractivity contribution in [2.45, 2.75) is 38.6 Å². The van der Waals surface area contributed by atoms with Gasteiger partial charge in [0.25, 0.3) is 5.91 Å². The van der Waals surface area contributed by atoms with Crippen molar-refractivity contribution < 1.29 is 13.2 Å². The first kappa shape index (κ1) is 21.0. The number of thiophene rings is 1. The Bertz CT molecular complexity index is 882. The number of rotatable bonds is 6. The van der Waals surface area contributed by atoms with Crippen LogP contribution in [-0.4, -0.2) is 43.2 Å². The minimum absolute atomic E-state index is 0.0833. The van der Waals surface area contributed by atoms with Gasteiger partial charge in [-0.25, -0.2) is 8.42 Å². The average molecular weight is 421 g/mol. The first-order valence-electron chi connectivity index (χ1n) is 9.73. The third-order valence-electron chi connectivity index (χ3n) is 5.17. The highest BCUT2D eigenvalue weighted by Crippen LogP contribution is 2.27. The SMILES string of the molecule is CCN(Cc1cccs1)C(=O)c1ccc(S(=O)(=O)N2CC(C)CC(C)C2)cc1. The van der Waals surface area contributed by atoms with E-state index in [2.05, 4.69) is 13.8 Å². The summed E-state index contributed by atoms with van der Waals surface area (Å²) in [5, 5.41) is 2.00. The van der Waals surface area contributed by atoms with Gasteiger partial charge in [-0.3, -0.25) is 4.79 Å². The molecule has 5 nitrogen and oxygen atoms in total. The minimum Gasteiger partial charge on any atom is -0.334 e. The molecule has 7 heteroatoms. The summed E-state index contributed by atoms with van der Waals surface area (Å²) in [4.78, 5) is 16.0. The molecule has 2 heterocycles. The van der Waals surface area contributed by atoms with Crippen LogP contribution in [0.15, 0.2) is 46.7 Å². The molecule has 0 bridgehead atoms. The topological polar surface area (TPSA) is 57.7 Å². The number of sulfonamides is 1. The van der Waals surface area contributed by atoms with Gasteiger partial charge in [-0.1, -0.05) is 19.9 Å². The summed E-state index contributed by atoms with van der Waals surface area (Å²) < 4.78 is 27.6. The monoisotopic (exact) mass is 420 g/mol. The number of carbonyl (C=O) groups excluding carboxylic acids is 1. The van der Waals surface area contributed by atoms with Gasteiger partial charge in [0, 0.05) is 30.1 Å². The van der Waals surface area contributed by atoms with Crippen molar-refractivity contribution in [3.05, 3.63) is 52.2 Å². The van der Waals surface area contributed by atoms with E-state index in [0.29, 0.717) is 43.6 Å². The van der Waals surface area contributed by atoms with Crippen LogP contribution in [-0.2, 0) is 16.6 Å². The Hall–Kier alpha value is -1.70. The number of hydrogen-bond donors (Lipinski definition) is 0.